The van der Waals surface area contributed by atoms with E-state index in [1.54, 1.807) is 39.9 Å². The molecule has 0 fully saturated rings. The zero-order valence-electron chi connectivity index (χ0n) is 41.0. The number of carbonyl (C=O) groups is 6. The molecular formula is C49H62Cl4I2N4O10SSi. The minimum Gasteiger partial charge on any atom is -0.326 e. The number of rotatable bonds is 10. The minimum atomic E-state index is -3.66. The lowest BCUT2D eigenvalue weighted by Crippen LogP contribution is -2.20. The molecule has 4 aliphatic rings. The molecule has 0 spiro atoms. The maximum absolute atomic E-state index is 11.4. The van der Waals surface area contributed by atoms with Gasteiger partial charge in [-0.05, 0) is 82.2 Å². The first-order valence-corrected chi connectivity index (χ1v) is 34.2. The van der Waals surface area contributed by atoms with Crippen molar-refractivity contribution in [3.8, 4) is 0 Å². The molecular weight excluding hydrogens is 1260 g/mol. The van der Waals surface area contributed by atoms with Crippen LogP contribution in [0.2, 0.25) is 18.1 Å². The van der Waals surface area contributed by atoms with Crippen LogP contribution in [0.25, 0.3) is 0 Å². The van der Waals surface area contributed by atoms with Crippen molar-refractivity contribution in [1.82, 2.24) is 0 Å². The SMILES string of the molecule is CC[SiH](CC)CC.CN1C(=O)Cc2cc(C(=O)CCl)ccc21.CN1C(=O)Cc2cc(CCCl)ccc21.CN1C(=O)Cc2ccccc21.COS(=O)(=O)OC.II.O=C(Cl)CCl.O=C1Cc2ccccc2N1. The summed E-state index contributed by atoms with van der Waals surface area (Å²) in [6, 6.07) is 31.5. The van der Waals surface area contributed by atoms with Gasteiger partial charge in [0.1, 0.15) is 0 Å². The molecule has 14 nitrogen and oxygen atoms in total. The Morgan fingerprint density at radius 2 is 1.07 bits per heavy atom. The molecule has 0 saturated carbocycles. The number of aryl methyl sites for hydroxylation is 1. The molecule has 71 heavy (non-hydrogen) atoms. The van der Waals surface area contributed by atoms with Crippen molar-refractivity contribution < 1.29 is 45.6 Å². The van der Waals surface area contributed by atoms with Gasteiger partial charge in [0.05, 0.1) is 51.7 Å². The normalized spacial score (nSPS) is 13.1. The Morgan fingerprint density at radius 1 is 0.634 bits per heavy atom. The number of nitrogens with zero attached hydrogens (tertiary/aromatic N) is 3. The zero-order chi connectivity index (χ0) is 53.8. The molecule has 0 unspecified atom stereocenters. The van der Waals surface area contributed by atoms with Crippen molar-refractivity contribution in [2.45, 2.75) is 71.0 Å². The van der Waals surface area contributed by atoms with E-state index in [-0.39, 0.29) is 50.0 Å². The molecule has 4 aromatic rings. The van der Waals surface area contributed by atoms with Gasteiger partial charge in [-0.15, -0.1) is 34.8 Å². The van der Waals surface area contributed by atoms with Crippen LogP contribution in [0.1, 0.15) is 58.9 Å². The van der Waals surface area contributed by atoms with Crippen LogP contribution in [0, 0.1) is 0 Å². The topological polar surface area (TPSA) is 177 Å². The molecule has 0 atom stereocenters. The minimum absolute atomic E-state index is 0.0252. The lowest BCUT2D eigenvalue weighted by atomic mass is 10.1. The molecule has 4 aliphatic heterocycles. The van der Waals surface area contributed by atoms with Crippen LogP contribution in [0.3, 0.4) is 0 Å². The Kier molecular flexibility index (Phi) is 32.5. The number of benzene rings is 4. The van der Waals surface area contributed by atoms with Gasteiger partial charge in [0.25, 0.3) is 0 Å². The van der Waals surface area contributed by atoms with E-state index in [2.05, 4.69) is 77.8 Å². The second-order valence-electron chi connectivity index (χ2n) is 15.5. The second-order valence-corrected chi connectivity index (χ2v) is 22.5. The van der Waals surface area contributed by atoms with Crippen LogP contribution in [0.4, 0.5) is 22.7 Å². The number of para-hydroxylation sites is 2. The number of nitrogens with one attached hydrogen (secondary N) is 1. The summed E-state index contributed by atoms with van der Waals surface area (Å²) in [4.78, 5) is 70.5. The summed E-state index contributed by atoms with van der Waals surface area (Å²) < 4.78 is 27.5. The first kappa shape index (κ1) is 65.8. The van der Waals surface area contributed by atoms with Gasteiger partial charge in [-0.2, -0.15) is 8.42 Å². The number of hydrogen-bond acceptors (Lipinski definition) is 10. The molecule has 0 aliphatic carbocycles. The molecule has 4 amide bonds. The fourth-order valence-electron chi connectivity index (χ4n) is 7.01. The molecule has 0 bridgehead atoms. The third kappa shape index (κ3) is 22.4. The maximum atomic E-state index is 11.4. The van der Waals surface area contributed by atoms with E-state index >= 15 is 0 Å². The summed E-state index contributed by atoms with van der Waals surface area (Å²) in [6.45, 7) is 6.97. The van der Waals surface area contributed by atoms with Crippen molar-refractivity contribution in [2.75, 3.05) is 73.0 Å². The van der Waals surface area contributed by atoms with Gasteiger partial charge in [-0.3, -0.25) is 37.1 Å². The molecule has 0 aromatic heterocycles. The van der Waals surface area contributed by atoms with E-state index in [1.165, 1.54) is 23.7 Å². The standard InChI is InChI=1S/C11H10ClNO2.C11H12ClNO.C9H9NO.C8H7NO.C6H16Si.C2H2Cl2O.C2H6O4S.I2/c1-13-9-3-2-7(10(14)6-12)4-8(9)5-11(13)15;1-13-10-3-2-8(4-5-12)6-9(10)7-11(13)14;1-10-8-5-3-2-4-7(8)6-9(10)11;10-8-5-6-3-1-2-4-7(6)9-8;1-4-7(5-2)6-3;3-1-2(4)5;1-5-7(3,4)6-2;1-2/h2-4H,5-6H2,1H3;2-3,6H,4-5,7H2,1H3;2-5H,6H2,1H3;1-4H,5H2,(H,9,10);7H,4-6H2,1-3H3;1H2;1-2H3;. The lowest BCUT2D eigenvalue weighted by molar-refractivity contribution is -0.117. The van der Waals surface area contributed by atoms with Gasteiger partial charge in [0.15, 0.2) is 5.78 Å². The van der Waals surface area contributed by atoms with Gasteiger partial charge in [0, 0.05) is 101 Å². The molecule has 1 N–H and O–H groups in total. The highest BCUT2D eigenvalue weighted by Gasteiger charge is 2.26. The Hall–Kier alpha value is -3.19. The lowest BCUT2D eigenvalue weighted by Gasteiger charge is -2.10. The monoisotopic (exact) mass is 1320 g/mol. The second kappa shape index (κ2) is 35.1. The van der Waals surface area contributed by atoms with Crippen molar-refractivity contribution >= 4 is 160 Å². The Bertz CT molecular complexity index is 2460. The van der Waals surface area contributed by atoms with E-state index in [4.69, 9.17) is 46.4 Å². The van der Waals surface area contributed by atoms with Gasteiger partial charge in [-0.1, -0.05) is 87.4 Å². The fourth-order valence-corrected chi connectivity index (χ4v) is 9.25. The van der Waals surface area contributed by atoms with Gasteiger partial charge in [-0.25, -0.2) is 0 Å². The largest absolute Gasteiger partial charge is 0.399 e. The van der Waals surface area contributed by atoms with Crippen molar-refractivity contribution in [3.05, 3.63) is 118 Å². The summed E-state index contributed by atoms with van der Waals surface area (Å²) in [5.74, 6) is 0.907. The number of halogens is 6. The fraction of sp³-hybridized carbons (Fsp3) is 0.388. The highest BCUT2D eigenvalue weighted by atomic mass is 128. The van der Waals surface area contributed by atoms with E-state index in [9.17, 15) is 37.2 Å². The number of likely N-dealkylation sites (N-methyl/N-ethyl adjacent to an activating group) is 3. The van der Waals surface area contributed by atoms with Crippen LogP contribution in [-0.4, -0.2) is 105 Å². The first-order chi connectivity index (χ1) is 33.7. The van der Waals surface area contributed by atoms with Crippen LogP contribution in [0.5, 0.6) is 0 Å². The number of amides is 4. The van der Waals surface area contributed by atoms with Crippen LogP contribution < -0.4 is 20.0 Å². The van der Waals surface area contributed by atoms with Gasteiger partial charge < -0.3 is 20.0 Å². The number of anilines is 4. The molecule has 22 heteroatoms. The molecule has 4 aromatic carbocycles. The third-order valence-electron chi connectivity index (χ3n) is 11.2. The molecule has 4 heterocycles. The highest BCUT2D eigenvalue weighted by Crippen LogP contribution is 2.30. The summed E-state index contributed by atoms with van der Waals surface area (Å²) in [7, 11) is 3.59. The Morgan fingerprint density at radius 3 is 1.48 bits per heavy atom. The first-order valence-electron chi connectivity index (χ1n) is 22.1. The third-order valence-corrected chi connectivity index (χ3v) is 16.4. The zero-order valence-corrected chi connectivity index (χ0v) is 50.3. The average Bonchev–Trinajstić information content (AvgIpc) is 4.09. The number of hydrogen-bond donors (Lipinski definition) is 1. The predicted molar refractivity (Wildman–Crippen MR) is 310 cm³/mol. The Labute approximate surface area is 464 Å². The summed E-state index contributed by atoms with van der Waals surface area (Å²) >= 11 is 24.9. The molecule has 0 saturated heterocycles. The highest BCUT2D eigenvalue weighted by molar-refractivity contribution is 15.0. The van der Waals surface area contributed by atoms with E-state index < -0.39 is 15.6 Å². The van der Waals surface area contributed by atoms with Crippen LogP contribution >= 0.6 is 83.6 Å². The number of fused-ring (bicyclic) bond motifs is 4. The summed E-state index contributed by atoms with van der Waals surface area (Å²) in [5, 5.41) is 2.25. The summed E-state index contributed by atoms with van der Waals surface area (Å²) in [6.07, 6.45) is 2.87. The smallest absolute Gasteiger partial charge is 0.326 e. The Balaban J connectivity index is 0.000000423. The van der Waals surface area contributed by atoms with Crippen molar-refractivity contribution in [3.63, 3.8) is 0 Å². The quantitative estimate of drug-likeness (QED) is 0.0529. The van der Waals surface area contributed by atoms with Gasteiger partial charge in [0.2, 0.25) is 28.9 Å². The molecule has 8 rings (SSSR count). The number of carbonyl (C=O) groups excluding carboxylic acids is 6. The maximum Gasteiger partial charge on any atom is 0.399 e. The van der Waals surface area contributed by atoms with Crippen molar-refractivity contribution in [2.24, 2.45) is 0 Å². The average molecular weight is 1320 g/mol. The number of ketones is 1. The van der Waals surface area contributed by atoms with Crippen LogP contribution in [0.15, 0.2) is 84.9 Å². The molecule has 390 valence electrons. The summed E-state index contributed by atoms with van der Waals surface area (Å²) in [5.41, 5.74) is 9.99. The van der Waals surface area contributed by atoms with Crippen LogP contribution in [-0.2, 0) is 74.8 Å². The van der Waals surface area contributed by atoms with Gasteiger partial charge >= 0.3 is 10.4 Å². The predicted octanol–water partition coefficient (Wildman–Crippen LogP) is 10.6. The number of Topliss-reactive ketones (excluding diaryl/α,β-unsaturated/α-hetero) is 1. The van der Waals surface area contributed by atoms with E-state index in [0.29, 0.717) is 37.1 Å². The van der Waals surface area contributed by atoms with E-state index in [0.717, 1.165) is 65.6 Å². The van der Waals surface area contributed by atoms with E-state index in [1.807, 2.05) is 74.8 Å². The molecule has 0 radical (unpaired) electrons. The van der Waals surface area contributed by atoms with Crippen molar-refractivity contribution in [1.29, 1.82) is 0 Å². The number of alkyl halides is 3.